The molecule has 5 nitrogen and oxygen atoms in total. The van der Waals surface area contributed by atoms with Crippen LogP contribution < -0.4 is 5.73 Å². The molecule has 0 bridgehead atoms. The summed E-state index contributed by atoms with van der Waals surface area (Å²) < 4.78 is 7.88. The summed E-state index contributed by atoms with van der Waals surface area (Å²) in [4.78, 5) is 15.7. The maximum absolute atomic E-state index is 11.8. The van der Waals surface area contributed by atoms with Crippen molar-refractivity contribution in [1.82, 2.24) is 9.55 Å². The van der Waals surface area contributed by atoms with E-state index in [1.165, 1.54) is 0 Å². The molecule has 0 radical (unpaired) electrons. The first-order chi connectivity index (χ1) is 9.16. The fourth-order valence-electron chi connectivity index (χ4n) is 1.59. The number of imidazole rings is 1. The minimum atomic E-state index is -0.357. The highest BCUT2D eigenvalue weighted by Crippen LogP contribution is 2.20. The summed E-state index contributed by atoms with van der Waals surface area (Å²) in [6, 6.07) is 5.01. The van der Waals surface area contributed by atoms with Crippen LogP contribution in [0.2, 0.25) is 0 Å². The van der Waals surface area contributed by atoms with Gasteiger partial charge in [-0.1, -0.05) is 0 Å². The fraction of sp³-hybridized carbons (Fsp3) is 0.231. The number of nitrogens with zero attached hydrogens (tertiary/aromatic N) is 2. The van der Waals surface area contributed by atoms with Gasteiger partial charge in [-0.05, 0) is 40.5 Å². The molecular weight excluding hydrogens is 310 g/mol. The minimum Gasteiger partial charge on any atom is -0.462 e. The number of nitrogens with two attached hydrogens (primary N) is 1. The average molecular weight is 324 g/mol. The molecule has 1 aromatic heterocycles. The highest BCUT2D eigenvalue weighted by Gasteiger charge is 2.08. The lowest BCUT2D eigenvalue weighted by Gasteiger charge is -2.06. The zero-order chi connectivity index (χ0) is 13.7. The number of aromatic nitrogens is 2. The third kappa shape index (κ3) is 3.82. The van der Waals surface area contributed by atoms with Gasteiger partial charge >= 0.3 is 5.97 Å². The Kier molecular flexibility index (Phi) is 4.57. The van der Waals surface area contributed by atoms with E-state index in [0.29, 0.717) is 17.9 Å². The van der Waals surface area contributed by atoms with Crippen LogP contribution in [0, 0.1) is 0 Å². The van der Waals surface area contributed by atoms with Gasteiger partial charge in [0.2, 0.25) is 0 Å². The molecule has 0 aliphatic heterocycles. The molecule has 0 amide bonds. The molecule has 1 heterocycles. The smallest absolute Gasteiger partial charge is 0.338 e. The van der Waals surface area contributed by atoms with Gasteiger partial charge in [0.1, 0.15) is 0 Å². The number of benzene rings is 1. The van der Waals surface area contributed by atoms with Crippen molar-refractivity contribution in [3.63, 3.8) is 0 Å². The summed E-state index contributed by atoms with van der Waals surface area (Å²) in [5.41, 5.74) is 6.70. The number of hydrogen-bond acceptors (Lipinski definition) is 4. The van der Waals surface area contributed by atoms with Crippen molar-refractivity contribution in [3.05, 3.63) is 47.0 Å². The molecule has 2 aromatic rings. The lowest BCUT2D eigenvalue weighted by atomic mass is 10.2. The van der Waals surface area contributed by atoms with Crippen LogP contribution in [0.5, 0.6) is 0 Å². The Bertz CT molecular complexity index is 555. The van der Waals surface area contributed by atoms with E-state index in [2.05, 4.69) is 20.9 Å². The molecule has 6 heteroatoms. The third-order valence-corrected chi connectivity index (χ3v) is 3.31. The van der Waals surface area contributed by atoms with Gasteiger partial charge in [0.15, 0.2) is 0 Å². The molecule has 0 aliphatic rings. The van der Waals surface area contributed by atoms with E-state index in [1.54, 1.807) is 30.7 Å². The quantitative estimate of drug-likeness (QED) is 0.521. The molecule has 0 saturated carbocycles. The normalized spacial score (nSPS) is 10.4. The molecule has 0 fully saturated rings. The first-order valence-corrected chi connectivity index (χ1v) is 6.64. The van der Waals surface area contributed by atoms with Gasteiger partial charge in [0.05, 0.1) is 18.5 Å². The second-order valence-corrected chi connectivity index (χ2v) is 4.88. The van der Waals surface area contributed by atoms with Crippen LogP contribution in [0.1, 0.15) is 16.8 Å². The van der Waals surface area contributed by atoms with Crippen LogP contribution in [0.15, 0.2) is 41.4 Å². The van der Waals surface area contributed by atoms with E-state index in [1.807, 2.05) is 10.8 Å². The van der Waals surface area contributed by atoms with Crippen LogP contribution in [-0.4, -0.2) is 22.1 Å². The van der Waals surface area contributed by atoms with E-state index in [9.17, 15) is 4.79 Å². The van der Waals surface area contributed by atoms with Crippen LogP contribution in [0.3, 0.4) is 0 Å². The lowest BCUT2D eigenvalue weighted by molar-refractivity contribution is 0.0496. The fourth-order valence-corrected chi connectivity index (χ4v) is 1.83. The van der Waals surface area contributed by atoms with Gasteiger partial charge in [-0.25, -0.2) is 9.78 Å². The molecule has 0 atom stereocenters. The van der Waals surface area contributed by atoms with Crippen molar-refractivity contribution in [2.24, 2.45) is 0 Å². The van der Waals surface area contributed by atoms with Gasteiger partial charge < -0.3 is 15.0 Å². The Morgan fingerprint density at radius 2 is 2.32 bits per heavy atom. The summed E-state index contributed by atoms with van der Waals surface area (Å²) in [5.74, 6) is -0.357. The van der Waals surface area contributed by atoms with Gasteiger partial charge in [-0.3, -0.25) is 0 Å². The SMILES string of the molecule is Nc1cc(C(=O)OCCCn2ccnc2)ccc1Br. The number of ether oxygens (including phenoxy) is 1. The standard InChI is InChI=1S/C13H14BrN3O2/c14-11-3-2-10(8-12(11)15)13(18)19-7-1-5-17-6-4-16-9-17/h2-4,6,8-9H,1,5,7,15H2. The van der Waals surface area contributed by atoms with E-state index in [-0.39, 0.29) is 5.97 Å². The van der Waals surface area contributed by atoms with Gasteiger partial charge in [-0.2, -0.15) is 0 Å². The molecule has 2 N–H and O–H groups in total. The summed E-state index contributed by atoms with van der Waals surface area (Å²) in [7, 11) is 0. The predicted octanol–water partition coefficient (Wildman–Crippen LogP) is 2.47. The zero-order valence-corrected chi connectivity index (χ0v) is 11.8. The topological polar surface area (TPSA) is 70.1 Å². The Balaban J connectivity index is 1.79. The van der Waals surface area contributed by atoms with Crippen LogP contribution >= 0.6 is 15.9 Å². The van der Waals surface area contributed by atoms with Gasteiger partial charge in [-0.15, -0.1) is 0 Å². The average Bonchev–Trinajstić information content (AvgIpc) is 2.91. The van der Waals surface area contributed by atoms with E-state index in [4.69, 9.17) is 10.5 Å². The monoisotopic (exact) mass is 323 g/mol. The summed E-state index contributed by atoms with van der Waals surface area (Å²) in [5, 5.41) is 0. The number of halogens is 1. The van der Waals surface area contributed by atoms with Crippen molar-refractivity contribution in [2.75, 3.05) is 12.3 Å². The summed E-state index contributed by atoms with van der Waals surface area (Å²) in [6.07, 6.45) is 6.07. The van der Waals surface area contributed by atoms with Crippen molar-refractivity contribution in [1.29, 1.82) is 0 Å². The highest BCUT2D eigenvalue weighted by atomic mass is 79.9. The first kappa shape index (κ1) is 13.6. The molecule has 0 aliphatic carbocycles. The molecule has 1 aromatic carbocycles. The van der Waals surface area contributed by atoms with Gasteiger partial charge in [0, 0.05) is 29.1 Å². The van der Waals surface area contributed by atoms with Crippen molar-refractivity contribution >= 4 is 27.6 Å². The number of rotatable bonds is 5. The molecule has 0 spiro atoms. The minimum absolute atomic E-state index is 0.357. The Morgan fingerprint density at radius 3 is 3.00 bits per heavy atom. The van der Waals surface area contributed by atoms with Gasteiger partial charge in [0.25, 0.3) is 0 Å². The number of hydrogen-bond donors (Lipinski definition) is 1. The third-order valence-electron chi connectivity index (χ3n) is 2.58. The Hall–Kier alpha value is -1.82. The number of carbonyl (C=O) groups excluding carboxylic acids is 1. The second kappa shape index (κ2) is 6.38. The molecule has 0 saturated heterocycles. The van der Waals surface area contributed by atoms with Crippen LogP contribution in [0.25, 0.3) is 0 Å². The van der Waals surface area contributed by atoms with E-state index < -0.39 is 0 Å². The summed E-state index contributed by atoms with van der Waals surface area (Å²) in [6.45, 7) is 1.14. The zero-order valence-electron chi connectivity index (χ0n) is 10.3. The van der Waals surface area contributed by atoms with Crippen LogP contribution in [-0.2, 0) is 11.3 Å². The first-order valence-electron chi connectivity index (χ1n) is 5.84. The maximum atomic E-state index is 11.8. The largest absolute Gasteiger partial charge is 0.462 e. The maximum Gasteiger partial charge on any atom is 0.338 e. The molecule has 100 valence electrons. The van der Waals surface area contributed by atoms with E-state index in [0.717, 1.165) is 17.4 Å². The van der Waals surface area contributed by atoms with E-state index >= 15 is 0 Å². The highest BCUT2D eigenvalue weighted by molar-refractivity contribution is 9.10. The van der Waals surface area contributed by atoms with Crippen LogP contribution in [0.4, 0.5) is 5.69 Å². The van der Waals surface area contributed by atoms with Crippen molar-refractivity contribution < 1.29 is 9.53 Å². The number of carbonyl (C=O) groups is 1. The molecule has 19 heavy (non-hydrogen) atoms. The second-order valence-electron chi connectivity index (χ2n) is 4.03. The number of aryl methyl sites for hydroxylation is 1. The molecular formula is C13H14BrN3O2. The Labute approximate surface area is 119 Å². The molecule has 0 unspecified atom stereocenters. The van der Waals surface area contributed by atoms with Crippen molar-refractivity contribution in [3.8, 4) is 0 Å². The molecule has 2 rings (SSSR count). The number of anilines is 1. The lowest BCUT2D eigenvalue weighted by Crippen LogP contribution is -2.08. The number of esters is 1. The predicted molar refractivity (Wildman–Crippen MR) is 75.7 cm³/mol. The van der Waals surface area contributed by atoms with Crippen molar-refractivity contribution in [2.45, 2.75) is 13.0 Å². The number of nitrogen functional groups attached to an aromatic ring is 1. The Morgan fingerprint density at radius 1 is 1.47 bits per heavy atom. The summed E-state index contributed by atoms with van der Waals surface area (Å²) >= 11 is 3.28.